The Balaban J connectivity index is 1.89. The molecule has 1 amide bonds. The predicted octanol–water partition coefficient (Wildman–Crippen LogP) is 3.08. The molecule has 0 unspecified atom stereocenters. The largest absolute Gasteiger partial charge is 0.550 e. The van der Waals surface area contributed by atoms with Gasteiger partial charge in [-0.05, 0) is 51.0 Å². The minimum Gasteiger partial charge on any atom is -0.550 e. The molecule has 1 saturated carbocycles. The zero-order valence-corrected chi connectivity index (χ0v) is 17.2. The van der Waals surface area contributed by atoms with E-state index in [1.54, 1.807) is 6.92 Å². The number of hydrogen-bond donors (Lipinski definition) is 1. The van der Waals surface area contributed by atoms with Crippen molar-refractivity contribution in [3.63, 3.8) is 0 Å². The molecule has 6 nitrogen and oxygen atoms in total. The molecule has 1 aromatic rings. The van der Waals surface area contributed by atoms with Gasteiger partial charge >= 0.3 is 5.97 Å². The van der Waals surface area contributed by atoms with Gasteiger partial charge in [-0.15, -0.1) is 11.3 Å². The van der Waals surface area contributed by atoms with E-state index in [9.17, 15) is 19.5 Å². The first-order valence-corrected chi connectivity index (χ1v) is 11.2. The normalized spacial score (nSPS) is 22.5. The minimum absolute atomic E-state index is 0.270. The molecule has 28 heavy (non-hydrogen) atoms. The van der Waals surface area contributed by atoms with Crippen molar-refractivity contribution in [2.75, 3.05) is 11.9 Å². The van der Waals surface area contributed by atoms with E-state index in [0.29, 0.717) is 23.4 Å². The van der Waals surface area contributed by atoms with Gasteiger partial charge in [-0.3, -0.25) is 4.79 Å². The van der Waals surface area contributed by atoms with Crippen molar-refractivity contribution < 1.29 is 24.2 Å². The third-order valence-corrected chi connectivity index (χ3v) is 7.00. The molecule has 1 N–H and O–H groups in total. The lowest BCUT2D eigenvalue weighted by Gasteiger charge is -2.31. The standard InChI is InChI=1S/C21H29NO5S/c1-2-27-21(26)17-15-11-5-3-4-6-12-16(15)28-19(17)22-18(23)13-9-7-8-10-14(13)20(24)25/h13-14H,2-12H2,1H3,(H,22,23)(H,24,25)/p-1/t13-,14-/m0/s1. The maximum absolute atomic E-state index is 12.9. The molecule has 1 aromatic heterocycles. The van der Waals surface area contributed by atoms with Crippen molar-refractivity contribution in [1.29, 1.82) is 0 Å². The first-order chi connectivity index (χ1) is 13.5. The summed E-state index contributed by atoms with van der Waals surface area (Å²) in [6.07, 6.45) is 8.71. The van der Waals surface area contributed by atoms with Crippen LogP contribution in [0.1, 0.15) is 79.1 Å². The zero-order valence-electron chi connectivity index (χ0n) is 16.4. The Morgan fingerprint density at radius 2 is 1.71 bits per heavy atom. The number of thiophene rings is 1. The van der Waals surface area contributed by atoms with Gasteiger partial charge in [0.2, 0.25) is 5.91 Å². The number of carbonyl (C=O) groups is 3. The van der Waals surface area contributed by atoms with Crippen molar-refractivity contribution in [1.82, 2.24) is 0 Å². The first-order valence-electron chi connectivity index (χ1n) is 10.4. The van der Waals surface area contributed by atoms with E-state index < -0.39 is 23.8 Å². The molecule has 2 atom stereocenters. The number of carboxylic acids is 1. The number of rotatable bonds is 5. The number of esters is 1. The van der Waals surface area contributed by atoms with Crippen LogP contribution in [0.25, 0.3) is 0 Å². The Hall–Kier alpha value is -1.89. The number of carboxylic acid groups (broad SMARTS) is 1. The second-order valence-corrected chi connectivity index (χ2v) is 8.75. The highest BCUT2D eigenvalue weighted by Gasteiger charge is 2.34. The lowest BCUT2D eigenvalue weighted by molar-refractivity contribution is -0.313. The van der Waals surface area contributed by atoms with Gasteiger partial charge in [0.15, 0.2) is 0 Å². The van der Waals surface area contributed by atoms with Crippen LogP contribution in [-0.2, 0) is 27.2 Å². The fraction of sp³-hybridized carbons (Fsp3) is 0.667. The predicted molar refractivity (Wildman–Crippen MR) is 105 cm³/mol. The molecule has 0 aromatic carbocycles. The Labute approximate surface area is 169 Å². The number of aliphatic carboxylic acids is 1. The molecule has 2 aliphatic carbocycles. The summed E-state index contributed by atoms with van der Waals surface area (Å²) in [5.74, 6) is -3.27. The third kappa shape index (κ3) is 4.57. The fourth-order valence-corrected chi connectivity index (χ4v) is 5.64. The SMILES string of the molecule is CCOC(=O)c1c(NC(=O)[C@H]2CCCC[C@@H]2C(=O)[O-])sc2c1CCCCCC2. The molecule has 0 aliphatic heterocycles. The number of amides is 1. The first kappa shape index (κ1) is 20.8. The average molecular weight is 407 g/mol. The smallest absolute Gasteiger partial charge is 0.341 e. The van der Waals surface area contributed by atoms with Crippen LogP contribution < -0.4 is 10.4 Å². The molecule has 0 saturated heterocycles. The van der Waals surface area contributed by atoms with Gasteiger partial charge in [-0.25, -0.2) is 4.79 Å². The molecule has 7 heteroatoms. The average Bonchev–Trinajstić information content (AvgIpc) is 2.98. The number of aryl methyl sites for hydroxylation is 1. The van der Waals surface area contributed by atoms with Crippen LogP contribution in [0.2, 0.25) is 0 Å². The molecule has 0 radical (unpaired) electrons. The zero-order chi connectivity index (χ0) is 20.1. The number of nitrogens with one attached hydrogen (secondary N) is 1. The Morgan fingerprint density at radius 1 is 1.04 bits per heavy atom. The van der Waals surface area contributed by atoms with Gasteiger partial charge in [0, 0.05) is 22.7 Å². The van der Waals surface area contributed by atoms with Crippen molar-refractivity contribution in [2.45, 2.75) is 71.1 Å². The molecule has 1 fully saturated rings. The molecule has 2 aliphatic rings. The van der Waals surface area contributed by atoms with Crippen molar-refractivity contribution in [3.8, 4) is 0 Å². The number of anilines is 1. The summed E-state index contributed by atoms with van der Waals surface area (Å²) in [4.78, 5) is 38.2. The maximum atomic E-state index is 12.9. The molecule has 3 rings (SSSR count). The molecule has 1 heterocycles. The minimum atomic E-state index is -1.16. The number of hydrogen-bond acceptors (Lipinski definition) is 6. The van der Waals surface area contributed by atoms with E-state index in [2.05, 4.69) is 5.32 Å². The van der Waals surface area contributed by atoms with Gasteiger partial charge < -0.3 is 20.0 Å². The van der Waals surface area contributed by atoms with Crippen molar-refractivity contribution in [3.05, 3.63) is 16.0 Å². The van der Waals surface area contributed by atoms with Crippen LogP contribution in [0.4, 0.5) is 5.00 Å². The van der Waals surface area contributed by atoms with Crippen molar-refractivity contribution in [2.24, 2.45) is 11.8 Å². The van der Waals surface area contributed by atoms with Gasteiger partial charge in [0.1, 0.15) is 5.00 Å². The Bertz CT molecular complexity index is 741. The summed E-state index contributed by atoms with van der Waals surface area (Å²) in [5.41, 5.74) is 1.47. The second kappa shape index (κ2) is 9.54. The summed E-state index contributed by atoms with van der Waals surface area (Å²) < 4.78 is 5.26. The second-order valence-electron chi connectivity index (χ2n) is 7.65. The topological polar surface area (TPSA) is 95.5 Å². The number of carbonyl (C=O) groups excluding carboxylic acids is 3. The lowest BCUT2D eigenvalue weighted by atomic mass is 9.78. The summed E-state index contributed by atoms with van der Waals surface area (Å²) >= 11 is 1.44. The van der Waals surface area contributed by atoms with Crippen LogP contribution in [0.15, 0.2) is 0 Å². The van der Waals surface area contributed by atoms with Gasteiger partial charge in [-0.2, -0.15) is 0 Å². The number of ether oxygens (including phenoxy) is 1. The van der Waals surface area contributed by atoms with E-state index in [1.807, 2.05) is 0 Å². The highest BCUT2D eigenvalue weighted by atomic mass is 32.1. The van der Waals surface area contributed by atoms with Gasteiger partial charge in [-0.1, -0.05) is 25.7 Å². The van der Waals surface area contributed by atoms with E-state index >= 15 is 0 Å². The van der Waals surface area contributed by atoms with E-state index in [0.717, 1.165) is 55.4 Å². The quantitative estimate of drug-likeness (QED) is 0.758. The molecular formula is C21H28NO5S-. The van der Waals surface area contributed by atoms with Crippen molar-refractivity contribution >= 4 is 34.2 Å². The fourth-order valence-electron chi connectivity index (χ4n) is 4.36. The van der Waals surface area contributed by atoms with E-state index in [-0.39, 0.29) is 12.5 Å². The van der Waals surface area contributed by atoms with E-state index in [4.69, 9.17) is 4.74 Å². The maximum Gasteiger partial charge on any atom is 0.341 e. The van der Waals surface area contributed by atoms with Crippen LogP contribution in [0.3, 0.4) is 0 Å². The Kier molecular flexibility index (Phi) is 7.10. The van der Waals surface area contributed by atoms with Gasteiger partial charge in [0.25, 0.3) is 0 Å². The molecular weight excluding hydrogens is 378 g/mol. The molecule has 0 spiro atoms. The van der Waals surface area contributed by atoms with Crippen LogP contribution in [0.5, 0.6) is 0 Å². The monoisotopic (exact) mass is 406 g/mol. The van der Waals surface area contributed by atoms with Crippen LogP contribution in [0, 0.1) is 11.8 Å². The molecule has 154 valence electrons. The van der Waals surface area contributed by atoms with Gasteiger partial charge in [0.05, 0.1) is 12.2 Å². The van der Waals surface area contributed by atoms with Crippen LogP contribution >= 0.6 is 11.3 Å². The Morgan fingerprint density at radius 3 is 2.39 bits per heavy atom. The molecule has 0 bridgehead atoms. The summed E-state index contributed by atoms with van der Waals surface area (Å²) in [7, 11) is 0. The lowest BCUT2D eigenvalue weighted by Crippen LogP contribution is -2.42. The number of fused-ring (bicyclic) bond motifs is 1. The summed E-state index contributed by atoms with van der Waals surface area (Å²) in [6.45, 7) is 2.03. The highest BCUT2D eigenvalue weighted by Crippen LogP contribution is 2.39. The summed E-state index contributed by atoms with van der Waals surface area (Å²) in [6, 6.07) is 0. The summed E-state index contributed by atoms with van der Waals surface area (Å²) in [5, 5.41) is 14.9. The van der Waals surface area contributed by atoms with Crippen LogP contribution in [-0.4, -0.2) is 24.5 Å². The highest BCUT2D eigenvalue weighted by molar-refractivity contribution is 7.17. The third-order valence-electron chi connectivity index (χ3n) is 5.79. The van der Waals surface area contributed by atoms with E-state index in [1.165, 1.54) is 17.8 Å².